The molecular formula is C22H26N6O4S2. The van der Waals surface area contributed by atoms with Crippen LogP contribution < -0.4 is 14.8 Å². The summed E-state index contributed by atoms with van der Waals surface area (Å²) in [4.78, 5) is 31.1. The summed E-state index contributed by atoms with van der Waals surface area (Å²) in [6, 6.07) is 2.85. The van der Waals surface area contributed by atoms with Crippen LogP contribution in [0.4, 0.5) is 5.69 Å². The number of pyridine rings is 1. The second-order valence-corrected chi connectivity index (χ2v) is 10.8. The number of aromatic nitrogens is 4. The molecule has 1 unspecified atom stereocenters. The van der Waals surface area contributed by atoms with E-state index in [0.717, 1.165) is 4.88 Å². The predicted octanol–water partition coefficient (Wildman–Crippen LogP) is 3.49. The normalized spacial score (nSPS) is 14.4. The summed E-state index contributed by atoms with van der Waals surface area (Å²) in [5.74, 6) is 0.0685. The van der Waals surface area contributed by atoms with Gasteiger partial charge in [-0.2, -0.15) is 0 Å². The Morgan fingerprint density at radius 2 is 2.06 bits per heavy atom. The van der Waals surface area contributed by atoms with E-state index in [4.69, 9.17) is 4.74 Å². The van der Waals surface area contributed by atoms with Crippen molar-refractivity contribution in [3.05, 3.63) is 47.1 Å². The van der Waals surface area contributed by atoms with Gasteiger partial charge in [0.15, 0.2) is 5.01 Å². The van der Waals surface area contributed by atoms with Gasteiger partial charge in [-0.15, -0.1) is 11.3 Å². The summed E-state index contributed by atoms with van der Waals surface area (Å²) in [5.41, 5.74) is 2.26. The van der Waals surface area contributed by atoms with E-state index in [-0.39, 0.29) is 11.2 Å². The zero-order chi connectivity index (χ0) is 24.3. The first kappa shape index (κ1) is 24.0. The molecule has 0 saturated heterocycles. The van der Waals surface area contributed by atoms with E-state index < -0.39 is 16.1 Å². The van der Waals surface area contributed by atoms with Crippen LogP contribution >= 0.6 is 11.3 Å². The lowest BCUT2D eigenvalue weighted by Gasteiger charge is -2.17. The Hall–Kier alpha value is -3.12. The van der Waals surface area contributed by atoms with Crippen molar-refractivity contribution in [2.24, 2.45) is 0 Å². The first-order chi connectivity index (χ1) is 16.3. The Morgan fingerprint density at radius 3 is 2.76 bits per heavy atom. The van der Waals surface area contributed by atoms with Gasteiger partial charge in [0.1, 0.15) is 5.69 Å². The van der Waals surface area contributed by atoms with Crippen molar-refractivity contribution in [2.45, 2.75) is 51.3 Å². The smallest absolute Gasteiger partial charge is 0.280 e. The van der Waals surface area contributed by atoms with E-state index >= 15 is 0 Å². The first-order valence-corrected chi connectivity index (χ1v) is 13.4. The van der Waals surface area contributed by atoms with Gasteiger partial charge in [-0.25, -0.2) is 18.4 Å². The van der Waals surface area contributed by atoms with Gasteiger partial charge >= 0.3 is 0 Å². The average Bonchev–Trinajstić information content (AvgIpc) is 3.60. The van der Waals surface area contributed by atoms with E-state index in [1.807, 2.05) is 20.8 Å². The number of carbonyl (C=O) groups excluding carboxylic acids is 1. The van der Waals surface area contributed by atoms with Crippen LogP contribution in [-0.2, 0) is 10.0 Å². The van der Waals surface area contributed by atoms with Crippen LogP contribution in [0, 0.1) is 6.92 Å². The molecule has 1 aliphatic rings. The summed E-state index contributed by atoms with van der Waals surface area (Å²) in [6.45, 7) is 6.07. The minimum Gasteiger partial charge on any atom is -0.477 e. The Bertz CT molecular complexity index is 1290. The lowest BCUT2D eigenvalue weighted by atomic mass is 10.1. The number of hydrogen-bond acceptors (Lipinski definition) is 9. The van der Waals surface area contributed by atoms with E-state index in [1.54, 1.807) is 18.3 Å². The van der Waals surface area contributed by atoms with Gasteiger partial charge in [-0.3, -0.25) is 19.5 Å². The van der Waals surface area contributed by atoms with Gasteiger partial charge in [-0.05, 0) is 45.2 Å². The molecule has 3 aromatic rings. The second kappa shape index (κ2) is 10.0. The van der Waals surface area contributed by atoms with Crippen LogP contribution in [0.15, 0.2) is 30.7 Å². The zero-order valence-corrected chi connectivity index (χ0v) is 20.7. The number of sulfonamides is 1. The van der Waals surface area contributed by atoms with Crippen LogP contribution in [0.25, 0.3) is 10.6 Å². The maximum atomic E-state index is 13.0. The maximum absolute atomic E-state index is 13.0. The molecule has 1 amide bonds. The molecule has 1 fully saturated rings. The molecular weight excluding hydrogens is 476 g/mol. The van der Waals surface area contributed by atoms with E-state index in [0.29, 0.717) is 59.5 Å². The third-order valence-corrected chi connectivity index (χ3v) is 8.25. The summed E-state index contributed by atoms with van der Waals surface area (Å²) in [6.07, 6.45) is 6.60. The predicted molar refractivity (Wildman–Crippen MR) is 129 cm³/mol. The molecule has 0 aromatic carbocycles. The highest BCUT2D eigenvalue weighted by Gasteiger charge is 2.35. The number of thiazole rings is 1. The summed E-state index contributed by atoms with van der Waals surface area (Å²) < 4.78 is 32.5. The van der Waals surface area contributed by atoms with Crippen molar-refractivity contribution in [2.75, 3.05) is 11.3 Å². The van der Waals surface area contributed by atoms with Crippen LogP contribution in [0.2, 0.25) is 0 Å². The Labute approximate surface area is 202 Å². The number of nitrogens with one attached hydrogen (secondary N) is 2. The zero-order valence-electron chi connectivity index (χ0n) is 19.1. The maximum Gasteiger partial charge on any atom is 0.280 e. The Balaban J connectivity index is 1.50. The molecule has 3 heterocycles. The molecule has 180 valence electrons. The molecule has 4 rings (SSSR count). The monoisotopic (exact) mass is 502 g/mol. The van der Waals surface area contributed by atoms with Crippen LogP contribution in [-0.4, -0.2) is 46.1 Å². The first-order valence-electron chi connectivity index (χ1n) is 11.0. The van der Waals surface area contributed by atoms with Crippen molar-refractivity contribution < 1.29 is 17.9 Å². The van der Waals surface area contributed by atoms with E-state index in [9.17, 15) is 13.2 Å². The third kappa shape index (κ3) is 5.50. The van der Waals surface area contributed by atoms with Crippen molar-refractivity contribution in [1.82, 2.24) is 25.3 Å². The van der Waals surface area contributed by atoms with Crippen LogP contribution in [0.5, 0.6) is 5.88 Å². The van der Waals surface area contributed by atoms with Gasteiger partial charge in [0.25, 0.3) is 5.91 Å². The van der Waals surface area contributed by atoms with Crippen molar-refractivity contribution in [3.63, 3.8) is 0 Å². The van der Waals surface area contributed by atoms with Crippen molar-refractivity contribution >= 4 is 33.0 Å². The minimum atomic E-state index is -3.38. The molecule has 0 aliphatic heterocycles. The molecule has 0 radical (unpaired) electrons. The third-order valence-electron chi connectivity index (χ3n) is 5.20. The van der Waals surface area contributed by atoms with Gasteiger partial charge in [-0.1, -0.05) is 6.92 Å². The molecule has 1 saturated carbocycles. The molecule has 12 heteroatoms. The standard InChI is InChI=1S/C22H26N6O4S2/c1-4-16(17-10-14(8-9-24-17)28-34(30,31)15-6-7-15)27-21(29)22-25-13(3)20(33-22)18-11-23-12-19(26-18)32-5-2/h8-12,15-16H,4-7H2,1-3H3,(H,24,28)(H,27,29). The number of nitrogens with zero attached hydrogens (tertiary/aromatic N) is 4. The fourth-order valence-corrected chi connectivity index (χ4v) is 5.64. The molecule has 10 nitrogen and oxygen atoms in total. The second-order valence-electron chi connectivity index (χ2n) is 7.86. The van der Waals surface area contributed by atoms with Crippen LogP contribution in [0.3, 0.4) is 0 Å². The molecule has 0 spiro atoms. The number of aryl methyl sites for hydroxylation is 1. The molecule has 3 aromatic heterocycles. The minimum absolute atomic E-state index is 0.292. The van der Waals surface area contributed by atoms with E-state index in [2.05, 4.69) is 30.0 Å². The summed E-state index contributed by atoms with van der Waals surface area (Å²) in [5, 5.41) is 2.92. The Kier molecular flexibility index (Phi) is 7.08. The highest BCUT2D eigenvalue weighted by Crippen LogP contribution is 2.31. The largest absolute Gasteiger partial charge is 0.477 e. The highest BCUT2D eigenvalue weighted by molar-refractivity contribution is 7.93. The molecule has 1 aliphatic carbocycles. The molecule has 1 atom stereocenters. The molecule has 34 heavy (non-hydrogen) atoms. The molecule has 2 N–H and O–H groups in total. The van der Waals surface area contributed by atoms with E-state index in [1.165, 1.54) is 23.7 Å². The van der Waals surface area contributed by atoms with Gasteiger partial charge in [0.05, 0.1) is 52.2 Å². The summed E-state index contributed by atoms with van der Waals surface area (Å²) in [7, 11) is -3.38. The number of anilines is 1. The number of rotatable bonds is 10. The number of ether oxygens (including phenoxy) is 1. The topological polar surface area (TPSA) is 136 Å². The molecule has 0 bridgehead atoms. The number of hydrogen-bond donors (Lipinski definition) is 2. The number of carbonyl (C=O) groups is 1. The highest BCUT2D eigenvalue weighted by atomic mass is 32.2. The average molecular weight is 503 g/mol. The Morgan fingerprint density at radius 1 is 1.26 bits per heavy atom. The van der Waals surface area contributed by atoms with Crippen molar-refractivity contribution in [3.8, 4) is 16.5 Å². The lowest BCUT2D eigenvalue weighted by molar-refractivity contribution is 0.0934. The lowest BCUT2D eigenvalue weighted by Crippen LogP contribution is -2.28. The van der Waals surface area contributed by atoms with Gasteiger partial charge in [0, 0.05) is 6.20 Å². The summed E-state index contributed by atoms with van der Waals surface area (Å²) >= 11 is 1.22. The number of amides is 1. The fourth-order valence-electron chi connectivity index (χ4n) is 3.34. The SMILES string of the molecule is CCOc1cncc(-c2sc(C(=O)NC(CC)c3cc(NS(=O)(=O)C4CC4)ccn3)nc2C)n1. The quantitative estimate of drug-likeness (QED) is 0.430. The van der Waals surface area contributed by atoms with Crippen molar-refractivity contribution in [1.29, 1.82) is 0 Å². The fraction of sp³-hybridized carbons (Fsp3) is 0.409. The van der Waals surface area contributed by atoms with Gasteiger partial charge in [0.2, 0.25) is 15.9 Å². The van der Waals surface area contributed by atoms with Gasteiger partial charge < -0.3 is 10.1 Å². The van der Waals surface area contributed by atoms with Crippen LogP contribution in [0.1, 0.15) is 60.3 Å².